The van der Waals surface area contributed by atoms with Crippen molar-refractivity contribution in [2.24, 2.45) is 5.73 Å². The van der Waals surface area contributed by atoms with Gasteiger partial charge in [0, 0.05) is 13.7 Å². The minimum absolute atomic E-state index is 0.0198. The van der Waals surface area contributed by atoms with E-state index in [9.17, 15) is 0 Å². The third-order valence-corrected chi connectivity index (χ3v) is 2.22. The van der Waals surface area contributed by atoms with Crippen LogP contribution in [0.1, 0.15) is 0 Å². The fourth-order valence-electron chi connectivity index (χ4n) is 1.44. The number of aromatic nitrogens is 4. The van der Waals surface area contributed by atoms with E-state index in [0.29, 0.717) is 24.6 Å². The van der Waals surface area contributed by atoms with Crippen molar-refractivity contribution in [3.63, 3.8) is 0 Å². The number of imidazole rings is 1. The molecule has 0 radical (unpaired) electrons. The fourth-order valence-corrected chi connectivity index (χ4v) is 1.44. The molecule has 2 aromatic heterocycles. The Morgan fingerprint density at radius 2 is 2.38 bits per heavy atom. The molecule has 0 aliphatic carbocycles. The van der Waals surface area contributed by atoms with Crippen LogP contribution in [0.25, 0.3) is 11.2 Å². The zero-order valence-corrected chi connectivity index (χ0v) is 8.97. The number of hydrogen-bond acceptors (Lipinski definition) is 6. The second-order valence-corrected chi connectivity index (χ2v) is 3.36. The summed E-state index contributed by atoms with van der Waals surface area (Å²) in [7, 11) is 1.64. The van der Waals surface area contributed by atoms with E-state index < -0.39 is 0 Å². The molecule has 7 nitrogen and oxygen atoms in total. The average Bonchev–Trinajstić information content (AvgIpc) is 2.77. The normalized spacial score (nSPS) is 12.9. The first-order valence-corrected chi connectivity index (χ1v) is 4.94. The number of hydrogen-bond donors (Lipinski definition) is 3. The summed E-state index contributed by atoms with van der Waals surface area (Å²) < 4.78 is 5.05. The van der Waals surface area contributed by atoms with E-state index in [1.165, 1.54) is 6.33 Å². The molecule has 4 N–H and O–H groups in total. The van der Waals surface area contributed by atoms with Gasteiger partial charge in [0.25, 0.3) is 0 Å². The van der Waals surface area contributed by atoms with Gasteiger partial charge in [-0.25, -0.2) is 15.0 Å². The lowest BCUT2D eigenvalue weighted by Gasteiger charge is -2.16. The van der Waals surface area contributed by atoms with Crippen molar-refractivity contribution < 1.29 is 4.74 Å². The van der Waals surface area contributed by atoms with Crippen molar-refractivity contribution in [1.29, 1.82) is 0 Å². The van der Waals surface area contributed by atoms with Crippen LogP contribution >= 0.6 is 0 Å². The predicted octanol–water partition coefficient (Wildman–Crippen LogP) is -0.261. The molecule has 1 unspecified atom stereocenters. The van der Waals surface area contributed by atoms with E-state index in [2.05, 4.69) is 25.3 Å². The Kier molecular flexibility index (Phi) is 3.28. The summed E-state index contributed by atoms with van der Waals surface area (Å²) >= 11 is 0. The molecule has 0 aromatic carbocycles. The molecule has 0 bridgehead atoms. The highest BCUT2D eigenvalue weighted by Gasteiger charge is 2.10. The smallest absolute Gasteiger partial charge is 0.182 e. The van der Waals surface area contributed by atoms with Crippen LogP contribution in [0, 0.1) is 0 Å². The number of nitrogens with two attached hydrogens (primary N) is 1. The van der Waals surface area contributed by atoms with Gasteiger partial charge < -0.3 is 20.8 Å². The number of aromatic amines is 1. The van der Waals surface area contributed by atoms with Crippen molar-refractivity contribution >= 4 is 17.0 Å². The van der Waals surface area contributed by atoms with Crippen LogP contribution in [0.5, 0.6) is 0 Å². The molecule has 16 heavy (non-hydrogen) atoms. The first-order chi connectivity index (χ1) is 7.85. The number of nitrogens with zero attached hydrogens (tertiary/aromatic N) is 3. The zero-order valence-electron chi connectivity index (χ0n) is 8.97. The van der Waals surface area contributed by atoms with Crippen molar-refractivity contribution in [1.82, 2.24) is 19.9 Å². The highest BCUT2D eigenvalue weighted by atomic mass is 16.5. The lowest BCUT2D eigenvalue weighted by molar-refractivity contribution is 0.187. The maximum Gasteiger partial charge on any atom is 0.182 e. The van der Waals surface area contributed by atoms with Crippen molar-refractivity contribution in [2.45, 2.75) is 6.04 Å². The molecular formula is C9H14N6O. The standard InChI is InChI=1S/C9H14N6O/c1-16-3-6(2-10)15-9-7-8(12-4-11-7)13-5-14-9/h4-6H,2-3,10H2,1H3,(H2,11,12,13,14,15). The molecule has 0 aliphatic heterocycles. The lowest BCUT2D eigenvalue weighted by atomic mass is 10.3. The van der Waals surface area contributed by atoms with E-state index in [0.717, 1.165) is 5.52 Å². The summed E-state index contributed by atoms with van der Waals surface area (Å²) in [6, 6.07) is 0.0198. The summed E-state index contributed by atoms with van der Waals surface area (Å²) in [5.74, 6) is 0.690. The van der Waals surface area contributed by atoms with Crippen LogP contribution in [-0.2, 0) is 4.74 Å². The van der Waals surface area contributed by atoms with Crippen molar-refractivity contribution in [2.75, 3.05) is 25.6 Å². The minimum atomic E-state index is 0.0198. The molecule has 0 aliphatic rings. The number of anilines is 1. The van der Waals surface area contributed by atoms with E-state index >= 15 is 0 Å². The van der Waals surface area contributed by atoms with Gasteiger partial charge in [0.15, 0.2) is 11.5 Å². The quantitative estimate of drug-likeness (QED) is 0.644. The molecule has 1 atom stereocenters. The Balaban J connectivity index is 2.22. The third-order valence-electron chi connectivity index (χ3n) is 2.22. The van der Waals surface area contributed by atoms with Crippen LogP contribution in [0.15, 0.2) is 12.7 Å². The second-order valence-electron chi connectivity index (χ2n) is 3.36. The Bertz CT molecular complexity index is 456. The molecule has 2 heterocycles. The highest BCUT2D eigenvalue weighted by Crippen LogP contribution is 2.14. The highest BCUT2D eigenvalue weighted by molar-refractivity contribution is 5.82. The molecule has 0 amide bonds. The van der Waals surface area contributed by atoms with Gasteiger partial charge in [0.05, 0.1) is 19.0 Å². The molecular weight excluding hydrogens is 208 g/mol. The summed E-state index contributed by atoms with van der Waals surface area (Å²) in [6.45, 7) is 0.990. The zero-order chi connectivity index (χ0) is 11.4. The second kappa shape index (κ2) is 4.86. The van der Waals surface area contributed by atoms with Gasteiger partial charge in [-0.2, -0.15) is 0 Å². The van der Waals surface area contributed by atoms with Gasteiger partial charge in [-0.15, -0.1) is 0 Å². The third kappa shape index (κ3) is 2.10. The molecule has 86 valence electrons. The first-order valence-electron chi connectivity index (χ1n) is 4.94. The molecule has 0 saturated heterocycles. The molecule has 7 heteroatoms. The summed E-state index contributed by atoms with van der Waals surface area (Å²) in [4.78, 5) is 15.2. The van der Waals surface area contributed by atoms with Crippen molar-refractivity contribution in [3.8, 4) is 0 Å². The number of fused-ring (bicyclic) bond motifs is 1. The van der Waals surface area contributed by atoms with E-state index in [1.807, 2.05) is 0 Å². The maximum absolute atomic E-state index is 5.61. The molecule has 2 rings (SSSR count). The maximum atomic E-state index is 5.61. The Labute approximate surface area is 92.4 Å². The van der Waals surface area contributed by atoms with E-state index in [1.54, 1.807) is 13.4 Å². The fraction of sp³-hybridized carbons (Fsp3) is 0.444. The largest absolute Gasteiger partial charge is 0.383 e. The Morgan fingerprint density at radius 1 is 1.50 bits per heavy atom. The SMILES string of the molecule is COCC(CN)Nc1ncnc2nc[nH]c12. The number of H-pyrrole nitrogens is 1. The molecule has 0 spiro atoms. The lowest BCUT2D eigenvalue weighted by Crippen LogP contribution is -2.33. The van der Waals surface area contributed by atoms with Crippen LogP contribution in [0.3, 0.4) is 0 Å². The summed E-state index contributed by atoms with van der Waals surface area (Å²) in [6.07, 6.45) is 3.05. The van der Waals surface area contributed by atoms with Crippen LogP contribution < -0.4 is 11.1 Å². The van der Waals surface area contributed by atoms with Crippen LogP contribution in [0.4, 0.5) is 5.82 Å². The number of nitrogens with one attached hydrogen (secondary N) is 2. The minimum Gasteiger partial charge on any atom is -0.383 e. The predicted molar refractivity (Wildman–Crippen MR) is 60.0 cm³/mol. The Hall–Kier alpha value is -1.73. The molecule has 2 aromatic rings. The van der Waals surface area contributed by atoms with Gasteiger partial charge in [0.1, 0.15) is 11.8 Å². The molecule has 0 fully saturated rings. The summed E-state index contributed by atoms with van der Waals surface area (Å²) in [5, 5.41) is 3.19. The van der Waals surface area contributed by atoms with Crippen LogP contribution in [-0.4, -0.2) is 46.2 Å². The topological polar surface area (TPSA) is 102 Å². The van der Waals surface area contributed by atoms with Gasteiger partial charge >= 0.3 is 0 Å². The number of methoxy groups -OCH3 is 1. The first kappa shape index (κ1) is 10.8. The van der Waals surface area contributed by atoms with E-state index in [4.69, 9.17) is 10.5 Å². The van der Waals surface area contributed by atoms with Crippen LogP contribution in [0.2, 0.25) is 0 Å². The average molecular weight is 222 g/mol. The summed E-state index contributed by atoms with van der Waals surface area (Å²) in [5.41, 5.74) is 7.02. The van der Waals surface area contributed by atoms with Crippen molar-refractivity contribution in [3.05, 3.63) is 12.7 Å². The van der Waals surface area contributed by atoms with Gasteiger partial charge in [-0.3, -0.25) is 0 Å². The monoisotopic (exact) mass is 222 g/mol. The Morgan fingerprint density at radius 3 is 3.12 bits per heavy atom. The van der Waals surface area contributed by atoms with E-state index in [-0.39, 0.29) is 6.04 Å². The van der Waals surface area contributed by atoms with Gasteiger partial charge in [-0.1, -0.05) is 0 Å². The number of rotatable bonds is 5. The van der Waals surface area contributed by atoms with Gasteiger partial charge in [-0.05, 0) is 0 Å². The molecule has 0 saturated carbocycles. The number of ether oxygens (including phenoxy) is 1. The van der Waals surface area contributed by atoms with Gasteiger partial charge in [0.2, 0.25) is 0 Å².